The van der Waals surface area contributed by atoms with E-state index in [0.29, 0.717) is 15.7 Å². The predicted octanol–water partition coefficient (Wildman–Crippen LogP) is 2.45. The van der Waals surface area contributed by atoms with E-state index in [4.69, 9.17) is 45.0 Å². The number of aryl methyl sites for hydroxylation is 1. The minimum atomic E-state index is -4.02. The number of guanidine groups is 2. The summed E-state index contributed by atoms with van der Waals surface area (Å²) in [4.78, 5) is 7.37. The van der Waals surface area contributed by atoms with Gasteiger partial charge in [-0.05, 0) is 37.3 Å². The molecule has 2 aromatic carbocycles. The normalized spacial score (nSPS) is 11.3. The zero-order valence-electron chi connectivity index (χ0n) is 13.6. The van der Waals surface area contributed by atoms with Crippen molar-refractivity contribution >= 4 is 50.9 Å². The van der Waals surface area contributed by atoms with Crippen LogP contribution >= 0.6 is 23.2 Å². The van der Waals surface area contributed by atoms with E-state index in [1.165, 1.54) is 12.1 Å². The molecule has 0 bridgehead atoms. The Hall–Kier alpha value is -2.33. The van der Waals surface area contributed by atoms with Crippen molar-refractivity contribution in [3.05, 3.63) is 58.1 Å². The maximum atomic E-state index is 10.5. The van der Waals surface area contributed by atoms with Crippen LogP contribution in [0, 0.1) is 6.92 Å². The van der Waals surface area contributed by atoms with Crippen molar-refractivity contribution in [2.75, 3.05) is 0 Å². The summed E-state index contributed by atoms with van der Waals surface area (Å²) in [5, 5.41) is 0.885. The Kier molecular flexibility index (Phi) is 7.84. The van der Waals surface area contributed by atoms with Crippen molar-refractivity contribution in [1.29, 1.82) is 0 Å². The lowest BCUT2D eigenvalue weighted by Gasteiger charge is -1.99. The van der Waals surface area contributed by atoms with Crippen molar-refractivity contribution in [2.45, 2.75) is 11.8 Å². The molecule has 0 amide bonds. The molecule has 8 nitrogen and oxygen atoms in total. The molecule has 0 aliphatic carbocycles. The SMILES string of the molecule is Cc1ccc(S(=O)(=O)O)cc1.NC(N)=NC(N)=Nc1ccc(Cl)cc1Cl. The first kappa shape index (κ1) is 21.7. The van der Waals surface area contributed by atoms with Crippen LogP contribution < -0.4 is 17.2 Å². The molecule has 7 N–H and O–H groups in total. The highest BCUT2D eigenvalue weighted by Gasteiger charge is 2.06. The van der Waals surface area contributed by atoms with E-state index in [-0.39, 0.29) is 16.8 Å². The van der Waals surface area contributed by atoms with Crippen LogP contribution in [0.3, 0.4) is 0 Å². The zero-order chi connectivity index (χ0) is 19.9. The van der Waals surface area contributed by atoms with Crippen LogP contribution in [0.5, 0.6) is 0 Å². The monoisotopic (exact) mass is 417 g/mol. The molecule has 0 aromatic heterocycles. The van der Waals surface area contributed by atoms with E-state index in [2.05, 4.69) is 9.98 Å². The third-order valence-electron chi connectivity index (χ3n) is 2.71. The van der Waals surface area contributed by atoms with Crippen molar-refractivity contribution in [1.82, 2.24) is 0 Å². The molecular weight excluding hydrogens is 401 g/mol. The number of benzene rings is 2. The molecule has 0 spiro atoms. The molecule has 2 rings (SSSR count). The van der Waals surface area contributed by atoms with E-state index < -0.39 is 10.1 Å². The largest absolute Gasteiger partial charge is 0.370 e. The Balaban J connectivity index is 0.000000273. The van der Waals surface area contributed by atoms with Crippen molar-refractivity contribution in [2.24, 2.45) is 27.2 Å². The van der Waals surface area contributed by atoms with Gasteiger partial charge in [-0.2, -0.15) is 13.4 Å². The fraction of sp³-hybridized carbons (Fsp3) is 0.0667. The fourth-order valence-corrected chi connectivity index (χ4v) is 2.49. The van der Waals surface area contributed by atoms with Gasteiger partial charge < -0.3 is 17.2 Å². The van der Waals surface area contributed by atoms with Crippen LogP contribution in [0.15, 0.2) is 57.3 Å². The second-order valence-corrected chi connectivity index (χ2v) is 7.16. The van der Waals surface area contributed by atoms with Crippen LogP contribution in [0.25, 0.3) is 0 Å². The summed E-state index contributed by atoms with van der Waals surface area (Å²) < 4.78 is 29.6. The lowest BCUT2D eigenvalue weighted by molar-refractivity contribution is 0.483. The number of rotatable bonds is 2. The minimum Gasteiger partial charge on any atom is -0.370 e. The molecule has 0 saturated heterocycles. The van der Waals surface area contributed by atoms with Gasteiger partial charge in [-0.1, -0.05) is 40.9 Å². The van der Waals surface area contributed by atoms with Crippen molar-refractivity contribution < 1.29 is 13.0 Å². The molecule has 0 atom stereocenters. The molecule has 0 unspecified atom stereocenters. The highest BCUT2D eigenvalue weighted by molar-refractivity contribution is 7.85. The van der Waals surface area contributed by atoms with Crippen molar-refractivity contribution in [3.63, 3.8) is 0 Å². The highest BCUT2D eigenvalue weighted by Crippen LogP contribution is 2.27. The summed E-state index contributed by atoms with van der Waals surface area (Å²) in [7, 11) is -4.02. The molecule has 2 aromatic rings. The highest BCUT2D eigenvalue weighted by atomic mass is 35.5. The first-order chi connectivity index (χ1) is 12.0. The summed E-state index contributed by atoms with van der Waals surface area (Å²) >= 11 is 11.6. The first-order valence-electron chi connectivity index (χ1n) is 6.92. The van der Waals surface area contributed by atoms with Crippen molar-refractivity contribution in [3.8, 4) is 0 Å². The van der Waals surface area contributed by atoms with Crippen LogP contribution in [-0.2, 0) is 10.1 Å². The van der Waals surface area contributed by atoms with Gasteiger partial charge in [0.15, 0.2) is 5.96 Å². The Labute approximate surface area is 161 Å². The van der Waals surface area contributed by atoms with Crippen LogP contribution in [-0.4, -0.2) is 24.9 Å². The summed E-state index contributed by atoms with van der Waals surface area (Å²) in [6.07, 6.45) is 0. The zero-order valence-corrected chi connectivity index (χ0v) is 15.9. The molecule has 0 aliphatic heterocycles. The fourth-order valence-electron chi connectivity index (χ4n) is 1.56. The summed E-state index contributed by atoms with van der Waals surface area (Å²) in [6.45, 7) is 1.84. The Morgan fingerprint density at radius 3 is 2.08 bits per heavy atom. The maximum Gasteiger partial charge on any atom is 0.294 e. The lowest BCUT2D eigenvalue weighted by atomic mass is 10.2. The average Bonchev–Trinajstić information content (AvgIpc) is 2.49. The summed E-state index contributed by atoms with van der Waals surface area (Å²) in [5.41, 5.74) is 17.1. The van der Waals surface area contributed by atoms with E-state index in [1.54, 1.807) is 30.3 Å². The summed E-state index contributed by atoms with van der Waals surface area (Å²) in [5.74, 6) is -0.236. The molecule has 0 heterocycles. The van der Waals surface area contributed by atoms with Crippen LogP contribution in [0.1, 0.15) is 5.56 Å². The van der Waals surface area contributed by atoms with Gasteiger partial charge in [0.05, 0.1) is 15.6 Å². The van der Waals surface area contributed by atoms with Gasteiger partial charge in [-0.3, -0.25) is 4.55 Å². The molecule has 0 aliphatic rings. The minimum absolute atomic E-state index is 0.0666. The Morgan fingerprint density at radius 1 is 1.04 bits per heavy atom. The van der Waals surface area contributed by atoms with E-state index in [1.807, 2.05) is 6.92 Å². The quantitative estimate of drug-likeness (QED) is 0.333. The number of hydrogen-bond donors (Lipinski definition) is 4. The van der Waals surface area contributed by atoms with Gasteiger partial charge in [0.1, 0.15) is 0 Å². The molecule has 11 heteroatoms. The second-order valence-electron chi connectivity index (χ2n) is 4.89. The summed E-state index contributed by atoms with van der Waals surface area (Å²) in [6, 6.07) is 10.8. The smallest absolute Gasteiger partial charge is 0.294 e. The molecule has 26 heavy (non-hydrogen) atoms. The molecule has 0 saturated carbocycles. The maximum absolute atomic E-state index is 10.5. The van der Waals surface area contributed by atoms with Gasteiger partial charge in [-0.25, -0.2) is 4.99 Å². The topological polar surface area (TPSA) is 157 Å². The lowest BCUT2D eigenvalue weighted by Crippen LogP contribution is -2.26. The Bertz CT molecular complexity index is 925. The van der Waals surface area contributed by atoms with Crippen LogP contribution in [0.2, 0.25) is 10.0 Å². The molecule has 140 valence electrons. The average molecular weight is 418 g/mol. The van der Waals surface area contributed by atoms with Gasteiger partial charge in [-0.15, -0.1) is 0 Å². The Morgan fingerprint density at radius 2 is 1.62 bits per heavy atom. The molecular formula is C15H17Cl2N5O3S. The molecule has 0 fully saturated rings. The number of halogens is 2. The number of nitrogens with zero attached hydrogens (tertiary/aromatic N) is 2. The van der Waals surface area contributed by atoms with Gasteiger partial charge in [0.25, 0.3) is 10.1 Å². The number of hydrogen-bond acceptors (Lipinski definition) is 3. The predicted molar refractivity (Wildman–Crippen MR) is 105 cm³/mol. The number of aliphatic imine (C=N–C) groups is 2. The van der Waals surface area contributed by atoms with Gasteiger partial charge >= 0.3 is 0 Å². The number of nitrogens with two attached hydrogens (primary N) is 3. The van der Waals surface area contributed by atoms with E-state index in [9.17, 15) is 8.42 Å². The van der Waals surface area contributed by atoms with Crippen LogP contribution in [0.4, 0.5) is 5.69 Å². The molecule has 0 radical (unpaired) electrons. The van der Waals surface area contributed by atoms with Gasteiger partial charge in [0, 0.05) is 5.02 Å². The first-order valence-corrected chi connectivity index (χ1v) is 9.11. The van der Waals surface area contributed by atoms with E-state index in [0.717, 1.165) is 5.56 Å². The second kappa shape index (κ2) is 9.39. The third kappa shape index (κ3) is 7.70. The van der Waals surface area contributed by atoms with E-state index >= 15 is 0 Å². The van der Waals surface area contributed by atoms with Gasteiger partial charge in [0.2, 0.25) is 5.96 Å². The third-order valence-corrected chi connectivity index (χ3v) is 4.11. The standard InChI is InChI=1S/C8H9Cl2N5.C7H8O3S/c9-4-1-2-6(5(10)3-4)14-8(13)15-7(11)12;1-6-2-4-7(5-3-6)11(8,9)10/h1-3H,(H6,11,12,13,14,15);2-5H,1H3,(H,8,9,10).